The number of Topliss-reactive ketones (excluding diaryl/α,β-unsaturated/α-hetero) is 1. The molecule has 0 N–H and O–H groups in total. The Labute approximate surface area is 150 Å². The molecule has 3 unspecified atom stereocenters. The molecule has 0 aliphatic heterocycles. The molecule has 1 spiro atoms. The van der Waals surface area contributed by atoms with E-state index in [9.17, 15) is 4.79 Å². The van der Waals surface area contributed by atoms with Crippen LogP contribution in [-0.4, -0.2) is 5.78 Å². The van der Waals surface area contributed by atoms with E-state index in [2.05, 4.69) is 50.3 Å². The number of ketones is 1. The van der Waals surface area contributed by atoms with Gasteiger partial charge in [-0.05, 0) is 77.5 Å². The lowest BCUT2D eigenvalue weighted by molar-refractivity contribution is -0.126. The number of allylic oxidation sites excluding steroid dienone is 2. The molecule has 1 saturated carbocycles. The molecule has 0 heterocycles. The van der Waals surface area contributed by atoms with Crippen LogP contribution in [0.1, 0.15) is 68.6 Å². The van der Waals surface area contributed by atoms with Crippen LogP contribution < -0.4 is 0 Å². The highest BCUT2D eigenvalue weighted by molar-refractivity contribution is 5.97. The third kappa shape index (κ3) is 1.99. The first kappa shape index (κ1) is 15.4. The molecule has 128 valence electrons. The Bertz CT molecular complexity index is 919. The molecule has 1 nitrogen and oxygen atoms in total. The van der Waals surface area contributed by atoms with Crippen LogP contribution in [0.4, 0.5) is 0 Å². The first-order valence-electron chi connectivity index (χ1n) is 9.90. The van der Waals surface area contributed by atoms with Gasteiger partial charge in [-0.3, -0.25) is 4.79 Å². The zero-order chi connectivity index (χ0) is 17.2. The number of aryl methyl sites for hydroxylation is 1. The summed E-state index contributed by atoms with van der Waals surface area (Å²) < 4.78 is 0. The second-order valence-corrected chi connectivity index (χ2v) is 8.46. The number of fused-ring (bicyclic) bond motifs is 6. The van der Waals surface area contributed by atoms with E-state index in [0.717, 1.165) is 38.5 Å². The van der Waals surface area contributed by atoms with Gasteiger partial charge in [-0.2, -0.15) is 0 Å². The predicted molar refractivity (Wildman–Crippen MR) is 103 cm³/mol. The summed E-state index contributed by atoms with van der Waals surface area (Å²) in [4.78, 5) is 13.1. The van der Waals surface area contributed by atoms with Gasteiger partial charge in [0.05, 0.1) is 5.41 Å². The molecule has 0 saturated heterocycles. The minimum Gasteiger partial charge on any atom is -0.299 e. The Hall–Kier alpha value is -1.89. The molecule has 3 aliphatic rings. The van der Waals surface area contributed by atoms with E-state index in [0.29, 0.717) is 17.6 Å². The zero-order valence-corrected chi connectivity index (χ0v) is 15.3. The molecule has 0 amide bonds. The van der Waals surface area contributed by atoms with Crippen LogP contribution in [0.25, 0.3) is 10.8 Å². The van der Waals surface area contributed by atoms with Crippen LogP contribution in [0.5, 0.6) is 0 Å². The van der Waals surface area contributed by atoms with Crippen molar-refractivity contribution in [3.63, 3.8) is 0 Å². The average Bonchev–Trinajstić information content (AvgIpc) is 3.25. The van der Waals surface area contributed by atoms with Gasteiger partial charge in [-0.1, -0.05) is 49.8 Å². The summed E-state index contributed by atoms with van der Waals surface area (Å²) in [5, 5.41) is 2.73. The van der Waals surface area contributed by atoms with Gasteiger partial charge >= 0.3 is 0 Å². The molecule has 3 aliphatic carbocycles. The van der Waals surface area contributed by atoms with Crippen molar-refractivity contribution in [2.24, 2.45) is 5.92 Å². The molecule has 1 heteroatoms. The minimum atomic E-state index is -0.196. The summed E-state index contributed by atoms with van der Waals surface area (Å²) in [6, 6.07) is 11.5. The van der Waals surface area contributed by atoms with E-state index in [-0.39, 0.29) is 5.41 Å². The lowest BCUT2D eigenvalue weighted by atomic mass is 9.61. The highest BCUT2D eigenvalue weighted by Crippen LogP contribution is 2.57. The second kappa shape index (κ2) is 5.30. The van der Waals surface area contributed by atoms with E-state index in [1.54, 1.807) is 0 Å². The van der Waals surface area contributed by atoms with Crippen molar-refractivity contribution in [1.82, 2.24) is 0 Å². The molecule has 2 bridgehead atoms. The molecule has 5 rings (SSSR count). The minimum absolute atomic E-state index is 0.196. The van der Waals surface area contributed by atoms with Crippen molar-refractivity contribution in [3.8, 4) is 0 Å². The van der Waals surface area contributed by atoms with Gasteiger partial charge in [0.25, 0.3) is 0 Å². The molecule has 0 aromatic heterocycles. The molecule has 3 atom stereocenters. The Balaban J connectivity index is 1.75. The topological polar surface area (TPSA) is 17.1 Å². The first-order chi connectivity index (χ1) is 12.1. The fourth-order valence-corrected chi connectivity index (χ4v) is 5.74. The summed E-state index contributed by atoms with van der Waals surface area (Å²) >= 11 is 0. The third-order valence-corrected chi connectivity index (χ3v) is 7.28. The maximum atomic E-state index is 13.1. The summed E-state index contributed by atoms with van der Waals surface area (Å²) in [5.41, 5.74) is 5.60. The maximum Gasteiger partial charge on any atom is 0.144 e. The molecular formula is C24H26O. The van der Waals surface area contributed by atoms with Crippen LogP contribution in [0, 0.1) is 5.92 Å². The summed E-state index contributed by atoms with van der Waals surface area (Å²) in [5.74, 6) is 1.60. The normalized spacial score (nSPS) is 28.5. The van der Waals surface area contributed by atoms with Crippen molar-refractivity contribution in [1.29, 1.82) is 0 Å². The van der Waals surface area contributed by atoms with E-state index < -0.39 is 0 Å². The van der Waals surface area contributed by atoms with Gasteiger partial charge in [0.2, 0.25) is 0 Å². The van der Waals surface area contributed by atoms with E-state index in [1.807, 2.05) is 0 Å². The fraction of sp³-hybridized carbons (Fsp3) is 0.458. The Morgan fingerprint density at radius 2 is 2.12 bits per heavy atom. The van der Waals surface area contributed by atoms with Crippen molar-refractivity contribution < 1.29 is 4.79 Å². The highest BCUT2D eigenvalue weighted by atomic mass is 16.1. The monoisotopic (exact) mass is 330 g/mol. The van der Waals surface area contributed by atoms with Gasteiger partial charge in [0.15, 0.2) is 0 Å². The first-order valence-corrected chi connectivity index (χ1v) is 9.90. The predicted octanol–water partition coefficient (Wildman–Crippen LogP) is 5.85. The number of hydrogen-bond acceptors (Lipinski definition) is 1. The number of carbonyl (C=O) groups is 1. The van der Waals surface area contributed by atoms with Gasteiger partial charge < -0.3 is 0 Å². The van der Waals surface area contributed by atoms with E-state index in [4.69, 9.17) is 0 Å². The molecule has 25 heavy (non-hydrogen) atoms. The van der Waals surface area contributed by atoms with Crippen LogP contribution in [0.2, 0.25) is 0 Å². The van der Waals surface area contributed by atoms with Crippen molar-refractivity contribution >= 4 is 16.6 Å². The van der Waals surface area contributed by atoms with Crippen molar-refractivity contribution in [2.75, 3.05) is 0 Å². The number of carbonyl (C=O) groups excluding carboxylic acids is 1. The lowest BCUT2D eigenvalue weighted by Gasteiger charge is -2.40. The van der Waals surface area contributed by atoms with Crippen LogP contribution in [0.3, 0.4) is 0 Å². The largest absolute Gasteiger partial charge is 0.299 e. The van der Waals surface area contributed by atoms with Gasteiger partial charge in [0, 0.05) is 6.42 Å². The summed E-state index contributed by atoms with van der Waals surface area (Å²) in [6.45, 7) is 4.58. The quantitative estimate of drug-likeness (QED) is 0.632. The molecule has 2 aromatic carbocycles. The van der Waals surface area contributed by atoms with E-state index >= 15 is 0 Å². The lowest BCUT2D eigenvalue weighted by Crippen LogP contribution is -2.43. The molecule has 1 fully saturated rings. The average molecular weight is 330 g/mol. The molecular weight excluding hydrogens is 304 g/mol. The van der Waals surface area contributed by atoms with Gasteiger partial charge in [0.1, 0.15) is 5.78 Å². The zero-order valence-electron chi connectivity index (χ0n) is 15.3. The van der Waals surface area contributed by atoms with Crippen molar-refractivity contribution in [2.45, 2.75) is 63.7 Å². The van der Waals surface area contributed by atoms with Crippen LogP contribution in [-0.2, 0) is 16.6 Å². The summed E-state index contributed by atoms with van der Waals surface area (Å²) in [7, 11) is 0. The van der Waals surface area contributed by atoms with Gasteiger partial charge in [-0.25, -0.2) is 0 Å². The molecule has 0 radical (unpaired) electrons. The van der Waals surface area contributed by atoms with Crippen LogP contribution >= 0.6 is 0 Å². The fourth-order valence-electron chi connectivity index (χ4n) is 5.74. The summed E-state index contributed by atoms with van der Waals surface area (Å²) in [6.07, 6.45) is 8.44. The third-order valence-electron chi connectivity index (χ3n) is 7.28. The Morgan fingerprint density at radius 1 is 1.24 bits per heavy atom. The maximum absolute atomic E-state index is 13.1. The number of benzene rings is 2. The Kier molecular flexibility index (Phi) is 3.26. The smallest absolute Gasteiger partial charge is 0.144 e. The molecule has 2 aromatic rings. The standard InChI is InChI=1S/C24H26O/c1-3-15(2)20-6-4-5-17-13-22-18(12-21(17)20)8-10-23(25)24(22)14-16-7-9-19(24)11-16/h4-7,12-13,15,19H,3,8-11,14H2,1-2H3. The van der Waals surface area contributed by atoms with E-state index in [1.165, 1.54) is 33.0 Å². The van der Waals surface area contributed by atoms with Crippen molar-refractivity contribution in [3.05, 3.63) is 58.7 Å². The SMILES string of the molecule is CCC(C)c1cccc2cc3c(cc12)CCC(=O)C31CC2=CCC1C2. The Morgan fingerprint density at radius 3 is 2.84 bits per heavy atom. The number of rotatable bonds is 2. The highest BCUT2D eigenvalue weighted by Gasteiger charge is 2.55. The number of hydrogen-bond donors (Lipinski definition) is 0. The van der Waals surface area contributed by atoms with Gasteiger partial charge in [-0.15, -0.1) is 0 Å². The van der Waals surface area contributed by atoms with Crippen LogP contribution in [0.15, 0.2) is 42.0 Å². The second-order valence-electron chi connectivity index (χ2n) is 8.46.